The molecule has 6 heteroatoms. The van der Waals surface area contributed by atoms with Crippen LogP contribution in [0.4, 0.5) is 0 Å². The Kier molecular flexibility index (Phi) is 11.1. The molecule has 1 fully saturated rings. The molecule has 2 atom stereocenters. The summed E-state index contributed by atoms with van der Waals surface area (Å²) in [5.74, 6) is 0.115. The summed E-state index contributed by atoms with van der Waals surface area (Å²) in [4.78, 5) is 24.8. The van der Waals surface area contributed by atoms with E-state index in [9.17, 15) is 19.8 Å². The lowest BCUT2D eigenvalue weighted by atomic mass is 9.77. The van der Waals surface area contributed by atoms with E-state index in [4.69, 9.17) is 9.47 Å². The Morgan fingerprint density at radius 1 is 0.821 bits per heavy atom. The van der Waals surface area contributed by atoms with Gasteiger partial charge in [-0.3, -0.25) is 0 Å². The topological polar surface area (TPSA) is 93.1 Å². The molecule has 6 nitrogen and oxygen atoms in total. The zero-order chi connectivity index (χ0) is 28.5. The molecule has 0 aromatic heterocycles. The van der Waals surface area contributed by atoms with Gasteiger partial charge in [0.1, 0.15) is 11.5 Å². The monoisotopic (exact) mass is 534 g/mol. The predicted molar refractivity (Wildman–Crippen MR) is 154 cm³/mol. The first-order chi connectivity index (χ1) is 18.6. The van der Waals surface area contributed by atoms with Crippen LogP contribution in [0.15, 0.2) is 66.8 Å². The number of unbranched alkanes of at least 4 members (excludes halogenated alkanes) is 2. The minimum Gasteiger partial charge on any atom is -0.423 e. The van der Waals surface area contributed by atoms with E-state index in [1.54, 1.807) is 12.1 Å². The van der Waals surface area contributed by atoms with Crippen molar-refractivity contribution in [3.8, 4) is 22.6 Å². The minimum absolute atomic E-state index is 0.0918. The first kappa shape index (κ1) is 30.3. The van der Waals surface area contributed by atoms with Crippen molar-refractivity contribution >= 4 is 11.9 Å². The molecule has 0 amide bonds. The number of carbonyl (C=O) groups is 2. The summed E-state index contributed by atoms with van der Waals surface area (Å²) in [7, 11) is 0. The van der Waals surface area contributed by atoms with E-state index in [0.29, 0.717) is 11.5 Å². The zero-order valence-corrected chi connectivity index (χ0v) is 23.4. The van der Waals surface area contributed by atoms with Gasteiger partial charge in [0.05, 0.1) is 23.4 Å². The van der Waals surface area contributed by atoms with Gasteiger partial charge in [0.2, 0.25) is 0 Å². The van der Waals surface area contributed by atoms with Gasteiger partial charge in [-0.15, -0.1) is 0 Å². The molecule has 39 heavy (non-hydrogen) atoms. The van der Waals surface area contributed by atoms with Gasteiger partial charge in [0.25, 0.3) is 0 Å². The summed E-state index contributed by atoms with van der Waals surface area (Å²) in [6, 6.07) is 13.1. The SMILES string of the molecule is C=C(C(=O)Oc1cc(OC(=O)C(=C)C(C)O)cc(-c2ccc(C3CCC(CCCCC)CC3)cc2)c1)C(C)O. The molecule has 2 unspecified atom stereocenters. The summed E-state index contributed by atoms with van der Waals surface area (Å²) in [5.41, 5.74) is 2.68. The van der Waals surface area contributed by atoms with Gasteiger partial charge in [0.15, 0.2) is 0 Å². The summed E-state index contributed by atoms with van der Waals surface area (Å²) in [6.45, 7) is 12.2. The molecule has 3 rings (SSSR count). The number of carbonyl (C=O) groups excluding carboxylic acids is 2. The maximum atomic E-state index is 12.4. The third-order valence-corrected chi connectivity index (χ3v) is 7.61. The van der Waals surface area contributed by atoms with Crippen molar-refractivity contribution in [2.45, 2.75) is 90.3 Å². The van der Waals surface area contributed by atoms with Gasteiger partial charge in [-0.2, -0.15) is 0 Å². The van der Waals surface area contributed by atoms with Gasteiger partial charge in [0, 0.05) is 6.07 Å². The molecular formula is C33H42O6. The van der Waals surface area contributed by atoms with Crippen molar-refractivity contribution in [2.24, 2.45) is 5.92 Å². The van der Waals surface area contributed by atoms with Crippen LogP contribution in [0.1, 0.15) is 83.6 Å². The molecule has 2 aromatic carbocycles. The molecule has 0 saturated heterocycles. The third kappa shape index (κ3) is 8.64. The van der Waals surface area contributed by atoms with E-state index >= 15 is 0 Å². The second-order valence-electron chi connectivity index (χ2n) is 10.7. The highest BCUT2D eigenvalue weighted by Gasteiger charge is 2.23. The largest absolute Gasteiger partial charge is 0.423 e. The Morgan fingerprint density at radius 3 is 1.79 bits per heavy atom. The van der Waals surface area contributed by atoms with E-state index < -0.39 is 24.1 Å². The van der Waals surface area contributed by atoms with Crippen LogP contribution in [-0.4, -0.2) is 34.4 Å². The van der Waals surface area contributed by atoms with E-state index in [1.165, 1.54) is 76.8 Å². The molecule has 2 aromatic rings. The minimum atomic E-state index is -1.06. The lowest BCUT2D eigenvalue weighted by Crippen LogP contribution is -2.20. The van der Waals surface area contributed by atoms with Crippen LogP contribution in [0, 0.1) is 5.92 Å². The van der Waals surface area contributed by atoms with Gasteiger partial charge < -0.3 is 19.7 Å². The van der Waals surface area contributed by atoms with Gasteiger partial charge in [-0.25, -0.2) is 9.59 Å². The molecule has 1 aliphatic carbocycles. The zero-order valence-electron chi connectivity index (χ0n) is 23.4. The Labute approximate surface area is 232 Å². The van der Waals surface area contributed by atoms with Crippen LogP contribution >= 0.6 is 0 Å². The number of aliphatic hydroxyl groups excluding tert-OH is 2. The lowest BCUT2D eigenvalue weighted by molar-refractivity contribution is -0.131. The smallest absolute Gasteiger partial charge is 0.341 e. The predicted octanol–water partition coefficient (Wildman–Crippen LogP) is 6.89. The maximum Gasteiger partial charge on any atom is 0.341 e. The van der Waals surface area contributed by atoms with Crippen molar-refractivity contribution in [1.29, 1.82) is 0 Å². The first-order valence-electron chi connectivity index (χ1n) is 14.0. The highest BCUT2D eigenvalue weighted by Crippen LogP contribution is 2.39. The molecule has 0 bridgehead atoms. The van der Waals surface area contributed by atoms with Crippen molar-refractivity contribution in [3.63, 3.8) is 0 Å². The van der Waals surface area contributed by atoms with Crippen LogP contribution < -0.4 is 9.47 Å². The van der Waals surface area contributed by atoms with E-state index in [2.05, 4.69) is 32.2 Å². The number of aliphatic hydroxyl groups is 2. The normalized spacial score (nSPS) is 18.6. The molecule has 0 radical (unpaired) electrons. The molecule has 0 heterocycles. The number of esters is 2. The summed E-state index contributed by atoms with van der Waals surface area (Å²) in [6.07, 6.45) is 8.15. The fraction of sp³-hybridized carbons (Fsp3) is 0.455. The summed E-state index contributed by atoms with van der Waals surface area (Å²) in [5, 5.41) is 19.4. The van der Waals surface area contributed by atoms with Crippen LogP contribution in [-0.2, 0) is 9.59 Å². The summed E-state index contributed by atoms with van der Waals surface area (Å²) >= 11 is 0. The second-order valence-corrected chi connectivity index (χ2v) is 10.7. The average molecular weight is 535 g/mol. The van der Waals surface area contributed by atoms with Gasteiger partial charge in [-0.05, 0) is 80.2 Å². The number of ether oxygens (including phenoxy) is 2. The van der Waals surface area contributed by atoms with Crippen LogP contribution in [0.3, 0.4) is 0 Å². The van der Waals surface area contributed by atoms with Gasteiger partial charge >= 0.3 is 11.9 Å². The van der Waals surface area contributed by atoms with Gasteiger partial charge in [-0.1, -0.05) is 70.0 Å². The molecule has 210 valence electrons. The molecule has 0 aliphatic heterocycles. The van der Waals surface area contributed by atoms with E-state index in [-0.39, 0.29) is 22.6 Å². The van der Waals surface area contributed by atoms with Crippen molar-refractivity contribution in [1.82, 2.24) is 0 Å². The Morgan fingerprint density at radius 2 is 1.33 bits per heavy atom. The Balaban J connectivity index is 1.79. The molecule has 0 spiro atoms. The molecule has 1 aliphatic rings. The summed E-state index contributed by atoms with van der Waals surface area (Å²) < 4.78 is 10.9. The van der Waals surface area contributed by atoms with Crippen LogP contribution in [0.5, 0.6) is 11.5 Å². The number of benzene rings is 2. The highest BCUT2D eigenvalue weighted by molar-refractivity contribution is 5.92. The maximum absolute atomic E-state index is 12.4. The fourth-order valence-corrected chi connectivity index (χ4v) is 4.96. The van der Waals surface area contributed by atoms with Crippen molar-refractivity contribution < 1.29 is 29.3 Å². The van der Waals surface area contributed by atoms with Crippen molar-refractivity contribution in [3.05, 3.63) is 72.3 Å². The average Bonchev–Trinajstić information content (AvgIpc) is 2.92. The third-order valence-electron chi connectivity index (χ3n) is 7.61. The number of rotatable bonds is 12. The second kappa shape index (κ2) is 14.2. The van der Waals surface area contributed by atoms with Crippen LogP contribution in [0.25, 0.3) is 11.1 Å². The number of hydrogen-bond acceptors (Lipinski definition) is 6. The van der Waals surface area contributed by atoms with E-state index in [1.807, 2.05) is 12.1 Å². The highest BCUT2D eigenvalue weighted by atomic mass is 16.5. The lowest BCUT2D eigenvalue weighted by Gasteiger charge is -2.29. The standard InChI is InChI=1S/C33H42O6/c1-6-7-8-9-25-10-12-26(13-11-25)27-14-16-28(17-15-27)29-18-30(38-32(36)21(2)23(4)34)20-31(19-29)39-33(37)22(3)24(5)35/h14-20,23-26,34-35H,2-3,6-13H2,1,4-5H3. The Bertz CT molecular complexity index is 1100. The number of hydrogen-bond donors (Lipinski definition) is 2. The Hall–Kier alpha value is -3.22. The molecule has 1 saturated carbocycles. The van der Waals surface area contributed by atoms with Crippen molar-refractivity contribution in [2.75, 3.05) is 0 Å². The quantitative estimate of drug-likeness (QED) is 0.133. The van der Waals surface area contributed by atoms with E-state index in [0.717, 1.165) is 11.5 Å². The first-order valence-corrected chi connectivity index (χ1v) is 14.0. The van der Waals surface area contributed by atoms with Crippen LogP contribution in [0.2, 0.25) is 0 Å². The molecule has 2 N–H and O–H groups in total. The fourth-order valence-electron chi connectivity index (χ4n) is 4.96. The molecular weight excluding hydrogens is 492 g/mol.